The highest BCUT2D eigenvalue weighted by Gasteiger charge is 2.39. The summed E-state index contributed by atoms with van der Waals surface area (Å²) in [5, 5.41) is 8.89. The molecule has 0 bridgehead atoms. The fourth-order valence-electron chi connectivity index (χ4n) is 2.08. The van der Waals surface area contributed by atoms with Gasteiger partial charge in [0.2, 0.25) is 5.91 Å². The average molecular weight is 248 g/mol. The number of nitrogens with zero attached hydrogens (tertiary/aromatic N) is 1. The van der Waals surface area contributed by atoms with Gasteiger partial charge < -0.3 is 15.7 Å². The van der Waals surface area contributed by atoms with E-state index in [2.05, 4.69) is 0 Å². The number of hydrogen-bond acceptors (Lipinski definition) is 3. The molecule has 0 unspecified atom stereocenters. The van der Waals surface area contributed by atoms with Gasteiger partial charge in [0.1, 0.15) is 6.04 Å². The maximum atomic E-state index is 12.0. The van der Waals surface area contributed by atoms with Crippen molar-refractivity contribution < 1.29 is 14.7 Å². The summed E-state index contributed by atoms with van der Waals surface area (Å²) in [5.41, 5.74) is 6.82. The summed E-state index contributed by atoms with van der Waals surface area (Å²) < 4.78 is 0. The van der Waals surface area contributed by atoms with Crippen LogP contribution in [0.4, 0.5) is 0 Å². The molecule has 1 saturated heterocycles. The van der Waals surface area contributed by atoms with Crippen LogP contribution in [0.5, 0.6) is 0 Å². The third kappa shape index (κ3) is 2.51. The fourth-order valence-corrected chi connectivity index (χ4v) is 2.08. The Labute approximate surface area is 105 Å². The van der Waals surface area contributed by atoms with Crippen LogP contribution in [0.25, 0.3) is 0 Å². The monoisotopic (exact) mass is 248 g/mol. The summed E-state index contributed by atoms with van der Waals surface area (Å²) >= 11 is 0. The maximum absolute atomic E-state index is 12.0. The van der Waals surface area contributed by atoms with Crippen LogP contribution in [0, 0.1) is 0 Å². The van der Waals surface area contributed by atoms with Crippen molar-refractivity contribution in [1.82, 2.24) is 4.90 Å². The Balaban J connectivity index is 1.95. The lowest BCUT2D eigenvalue weighted by atomic mass is 9.99. The number of carbonyl (C=O) groups is 2. The van der Waals surface area contributed by atoms with E-state index in [1.165, 1.54) is 4.90 Å². The van der Waals surface area contributed by atoms with E-state index in [9.17, 15) is 9.59 Å². The highest BCUT2D eigenvalue weighted by atomic mass is 16.4. The first-order valence-corrected chi connectivity index (χ1v) is 5.92. The van der Waals surface area contributed by atoms with Crippen LogP contribution in [0.1, 0.15) is 12.0 Å². The molecule has 1 aliphatic rings. The average Bonchev–Trinajstić information content (AvgIpc) is 2.27. The lowest BCUT2D eigenvalue weighted by molar-refractivity contribution is -0.157. The normalized spacial score (nSPS) is 20.1. The summed E-state index contributed by atoms with van der Waals surface area (Å²) in [6.07, 6.45) is 0.946. The van der Waals surface area contributed by atoms with Gasteiger partial charge in [-0.3, -0.25) is 4.79 Å². The van der Waals surface area contributed by atoms with Gasteiger partial charge >= 0.3 is 5.97 Å². The van der Waals surface area contributed by atoms with Crippen molar-refractivity contribution >= 4 is 11.9 Å². The molecule has 2 rings (SSSR count). The third-order valence-electron chi connectivity index (χ3n) is 3.20. The number of likely N-dealkylation sites (tertiary alicyclic amines) is 1. The van der Waals surface area contributed by atoms with Crippen molar-refractivity contribution in [2.75, 3.05) is 6.54 Å². The van der Waals surface area contributed by atoms with E-state index in [4.69, 9.17) is 10.8 Å². The first kappa shape index (κ1) is 12.6. The summed E-state index contributed by atoms with van der Waals surface area (Å²) in [5.74, 6) is -1.24. The molecular formula is C13H16N2O3. The summed E-state index contributed by atoms with van der Waals surface area (Å²) in [4.78, 5) is 24.2. The Morgan fingerprint density at radius 2 is 2.06 bits per heavy atom. The molecule has 2 atom stereocenters. The second kappa shape index (κ2) is 5.18. The van der Waals surface area contributed by atoms with E-state index in [-0.39, 0.29) is 5.91 Å². The van der Waals surface area contributed by atoms with Crippen molar-refractivity contribution in [2.45, 2.75) is 24.9 Å². The smallest absolute Gasteiger partial charge is 0.326 e. The molecule has 1 aromatic carbocycles. The van der Waals surface area contributed by atoms with Crippen molar-refractivity contribution in [3.8, 4) is 0 Å². The van der Waals surface area contributed by atoms with Crippen molar-refractivity contribution in [1.29, 1.82) is 0 Å². The van der Waals surface area contributed by atoms with Crippen molar-refractivity contribution in [2.24, 2.45) is 5.73 Å². The maximum Gasteiger partial charge on any atom is 0.326 e. The third-order valence-corrected chi connectivity index (χ3v) is 3.20. The summed E-state index contributed by atoms with van der Waals surface area (Å²) in [6, 6.07) is 8.10. The van der Waals surface area contributed by atoms with E-state index < -0.39 is 18.1 Å². The Kier molecular flexibility index (Phi) is 3.62. The number of hydrogen-bond donors (Lipinski definition) is 2. The minimum atomic E-state index is -0.957. The van der Waals surface area contributed by atoms with Crippen LogP contribution in [0.2, 0.25) is 0 Å². The fraction of sp³-hybridized carbons (Fsp3) is 0.385. The second-order valence-electron chi connectivity index (χ2n) is 4.47. The molecule has 1 heterocycles. The van der Waals surface area contributed by atoms with E-state index in [1.54, 1.807) is 0 Å². The summed E-state index contributed by atoms with van der Waals surface area (Å²) in [7, 11) is 0. The molecule has 1 fully saturated rings. The number of amides is 1. The lowest BCUT2D eigenvalue weighted by Gasteiger charge is -2.39. The zero-order chi connectivity index (χ0) is 13.1. The van der Waals surface area contributed by atoms with Gasteiger partial charge in [-0.1, -0.05) is 30.3 Å². The van der Waals surface area contributed by atoms with Gasteiger partial charge in [0, 0.05) is 6.54 Å². The molecule has 0 aliphatic carbocycles. The second-order valence-corrected chi connectivity index (χ2v) is 4.47. The Morgan fingerprint density at radius 1 is 1.39 bits per heavy atom. The first-order valence-electron chi connectivity index (χ1n) is 5.92. The van der Waals surface area contributed by atoms with Gasteiger partial charge in [0.25, 0.3) is 0 Å². The molecule has 96 valence electrons. The minimum Gasteiger partial charge on any atom is -0.480 e. The first-order chi connectivity index (χ1) is 8.59. The molecule has 0 radical (unpaired) electrons. The number of benzene rings is 1. The number of carboxylic acid groups (broad SMARTS) is 1. The molecule has 1 aromatic rings. The predicted octanol–water partition coefficient (Wildman–Crippen LogP) is 0.242. The Bertz CT molecular complexity index is 447. The zero-order valence-electron chi connectivity index (χ0n) is 9.95. The molecule has 1 aliphatic heterocycles. The minimum absolute atomic E-state index is 0.280. The molecular weight excluding hydrogens is 232 g/mol. The quantitative estimate of drug-likeness (QED) is 0.799. The largest absolute Gasteiger partial charge is 0.480 e. The van der Waals surface area contributed by atoms with Crippen LogP contribution in [0.3, 0.4) is 0 Å². The number of nitrogens with two attached hydrogens (primary N) is 1. The van der Waals surface area contributed by atoms with E-state index in [0.717, 1.165) is 5.56 Å². The van der Waals surface area contributed by atoms with Gasteiger partial charge in [-0.15, -0.1) is 0 Å². The van der Waals surface area contributed by atoms with E-state index >= 15 is 0 Å². The lowest BCUT2D eigenvalue weighted by Crippen LogP contribution is -2.59. The zero-order valence-corrected chi connectivity index (χ0v) is 9.95. The van der Waals surface area contributed by atoms with Crippen LogP contribution in [0.15, 0.2) is 30.3 Å². The molecule has 0 saturated carbocycles. The van der Waals surface area contributed by atoms with Gasteiger partial charge in [-0.2, -0.15) is 0 Å². The van der Waals surface area contributed by atoms with Crippen LogP contribution in [-0.4, -0.2) is 40.5 Å². The van der Waals surface area contributed by atoms with Gasteiger partial charge in [-0.05, 0) is 18.4 Å². The molecule has 5 nitrogen and oxygen atoms in total. The Hall–Kier alpha value is -1.88. The van der Waals surface area contributed by atoms with Crippen molar-refractivity contribution in [3.05, 3.63) is 35.9 Å². The standard InChI is InChI=1S/C13H16N2O3/c14-10(8-9-4-2-1-3-5-9)12(16)15-7-6-11(15)13(17)18/h1-5,10-11H,6-8,14H2,(H,17,18)/t10-,11-/m0/s1. The number of carboxylic acids is 1. The summed E-state index contributed by atoms with van der Waals surface area (Å²) in [6.45, 7) is 0.484. The highest BCUT2D eigenvalue weighted by molar-refractivity contribution is 5.88. The number of aliphatic carboxylic acids is 1. The van der Waals surface area contributed by atoms with E-state index in [0.29, 0.717) is 19.4 Å². The Morgan fingerprint density at radius 3 is 2.56 bits per heavy atom. The van der Waals surface area contributed by atoms with Crippen LogP contribution < -0.4 is 5.73 Å². The topological polar surface area (TPSA) is 83.6 Å². The van der Waals surface area contributed by atoms with Crippen molar-refractivity contribution in [3.63, 3.8) is 0 Å². The van der Waals surface area contributed by atoms with Crippen LogP contribution in [-0.2, 0) is 16.0 Å². The van der Waals surface area contributed by atoms with Crippen LogP contribution >= 0.6 is 0 Å². The van der Waals surface area contributed by atoms with Gasteiger partial charge in [-0.25, -0.2) is 4.79 Å². The molecule has 1 amide bonds. The molecule has 18 heavy (non-hydrogen) atoms. The molecule has 0 aromatic heterocycles. The van der Waals surface area contributed by atoms with Gasteiger partial charge in [0.05, 0.1) is 6.04 Å². The molecule has 0 spiro atoms. The SMILES string of the molecule is N[C@@H](Cc1ccccc1)C(=O)N1CC[C@H]1C(=O)O. The molecule has 5 heteroatoms. The van der Waals surface area contributed by atoms with Gasteiger partial charge in [0.15, 0.2) is 0 Å². The molecule has 3 N–H and O–H groups in total. The predicted molar refractivity (Wildman–Crippen MR) is 65.9 cm³/mol. The highest BCUT2D eigenvalue weighted by Crippen LogP contribution is 2.19. The number of rotatable bonds is 4. The number of carbonyl (C=O) groups excluding carboxylic acids is 1. The van der Waals surface area contributed by atoms with E-state index in [1.807, 2.05) is 30.3 Å².